The average Bonchev–Trinajstić information content (AvgIpc) is 2.76. The van der Waals surface area contributed by atoms with Crippen molar-refractivity contribution in [3.63, 3.8) is 0 Å². The van der Waals surface area contributed by atoms with Crippen molar-refractivity contribution in [1.82, 2.24) is 4.98 Å². The molecule has 1 aliphatic rings. The van der Waals surface area contributed by atoms with Crippen molar-refractivity contribution in [2.24, 2.45) is 5.92 Å². The van der Waals surface area contributed by atoms with Gasteiger partial charge in [-0.3, -0.25) is 0 Å². The molecule has 1 aromatic heterocycles. The summed E-state index contributed by atoms with van der Waals surface area (Å²) in [5, 5.41) is 0. The van der Waals surface area contributed by atoms with Gasteiger partial charge in [0.25, 0.3) is 0 Å². The lowest BCUT2D eigenvalue weighted by atomic mass is 10.1. The summed E-state index contributed by atoms with van der Waals surface area (Å²) in [5.74, 6) is 2.51. The van der Waals surface area contributed by atoms with Gasteiger partial charge in [0.05, 0.1) is 0 Å². The van der Waals surface area contributed by atoms with Gasteiger partial charge in [0, 0.05) is 24.7 Å². The SMILES string of the molecule is CCC1CCN(c2cc(CCl)cc(C)n2)C1. The molecule has 0 bridgehead atoms. The second-order valence-corrected chi connectivity index (χ2v) is 4.88. The van der Waals surface area contributed by atoms with Gasteiger partial charge in [-0.25, -0.2) is 4.98 Å². The lowest BCUT2D eigenvalue weighted by Gasteiger charge is -2.18. The molecule has 1 saturated heterocycles. The van der Waals surface area contributed by atoms with Crippen LogP contribution in [-0.4, -0.2) is 18.1 Å². The Labute approximate surface area is 103 Å². The van der Waals surface area contributed by atoms with Crippen LogP contribution in [0, 0.1) is 12.8 Å². The molecule has 0 radical (unpaired) electrons. The molecule has 1 fully saturated rings. The number of halogens is 1. The Bertz CT molecular complexity index is 365. The van der Waals surface area contributed by atoms with Crippen molar-refractivity contribution in [2.45, 2.75) is 32.6 Å². The second-order valence-electron chi connectivity index (χ2n) is 4.62. The van der Waals surface area contributed by atoms with E-state index in [4.69, 9.17) is 11.6 Å². The Morgan fingerprint density at radius 1 is 1.50 bits per heavy atom. The zero-order chi connectivity index (χ0) is 11.5. The minimum atomic E-state index is 0.571. The highest BCUT2D eigenvalue weighted by Gasteiger charge is 2.22. The quantitative estimate of drug-likeness (QED) is 0.751. The number of rotatable bonds is 3. The predicted molar refractivity (Wildman–Crippen MR) is 69.1 cm³/mol. The summed E-state index contributed by atoms with van der Waals surface area (Å²) >= 11 is 5.89. The first kappa shape index (κ1) is 11.7. The van der Waals surface area contributed by atoms with Crippen molar-refractivity contribution in [3.05, 3.63) is 23.4 Å². The van der Waals surface area contributed by atoms with Crippen LogP contribution in [0.5, 0.6) is 0 Å². The number of aryl methyl sites for hydroxylation is 1. The van der Waals surface area contributed by atoms with Crippen LogP contribution in [0.4, 0.5) is 5.82 Å². The van der Waals surface area contributed by atoms with Crippen LogP contribution in [0.1, 0.15) is 31.0 Å². The summed E-state index contributed by atoms with van der Waals surface area (Å²) in [4.78, 5) is 6.99. The topological polar surface area (TPSA) is 16.1 Å². The van der Waals surface area contributed by atoms with Crippen LogP contribution in [0.15, 0.2) is 12.1 Å². The highest BCUT2D eigenvalue weighted by molar-refractivity contribution is 6.17. The van der Waals surface area contributed by atoms with Gasteiger partial charge in [0.2, 0.25) is 0 Å². The van der Waals surface area contributed by atoms with Gasteiger partial charge < -0.3 is 4.90 Å². The van der Waals surface area contributed by atoms with Gasteiger partial charge in [0.15, 0.2) is 0 Å². The molecule has 0 saturated carbocycles. The molecule has 0 aliphatic carbocycles. The molecular weight excluding hydrogens is 220 g/mol. The largest absolute Gasteiger partial charge is 0.356 e. The fourth-order valence-electron chi connectivity index (χ4n) is 2.33. The minimum Gasteiger partial charge on any atom is -0.356 e. The van der Waals surface area contributed by atoms with Crippen molar-refractivity contribution >= 4 is 17.4 Å². The van der Waals surface area contributed by atoms with Crippen LogP contribution in [0.3, 0.4) is 0 Å². The van der Waals surface area contributed by atoms with Gasteiger partial charge in [-0.2, -0.15) is 0 Å². The van der Waals surface area contributed by atoms with E-state index < -0.39 is 0 Å². The molecule has 2 nitrogen and oxygen atoms in total. The number of alkyl halides is 1. The van der Waals surface area contributed by atoms with Crippen LogP contribution >= 0.6 is 11.6 Å². The molecule has 0 amide bonds. The Morgan fingerprint density at radius 2 is 2.31 bits per heavy atom. The van der Waals surface area contributed by atoms with Crippen LogP contribution in [0.25, 0.3) is 0 Å². The number of aromatic nitrogens is 1. The number of hydrogen-bond acceptors (Lipinski definition) is 2. The Hall–Kier alpha value is -0.760. The third-order valence-electron chi connectivity index (χ3n) is 3.34. The molecule has 3 heteroatoms. The van der Waals surface area contributed by atoms with Gasteiger partial charge in [-0.1, -0.05) is 13.3 Å². The molecule has 0 N–H and O–H groups in total. The number of nitrogens with zero attached hydrogens (tertiary/aromatic N) is 2. The van der Waals surface area contributed by atoms with E-state index in [0.29, 0.717) is 5.88 Å². The third kappa shape index (κ3) is 2.49. The van der Waals surface area contributed by atoms with Crippen molar-refractivity contribution < 1.29 is 0 Å². The van der Waals surface area contributed by atoms with E-state index in [1.54, 1.807) is 0 Å². The molecular formula is C13H19ClN2. The van der Waals surface area contributed by atoms with E-state index >= 15 is 0 Å². The minimum absolute atomic E-state index is 0.571. The summed E-state index contributed by atoms with van der Waals surface area (Å²) in [5.41, 5.74) is 2.23. The monoisotopic (exact) mass is 238 g/mol. The molecule has 2 heterocycles. The molecule has 1 aliphatic heterocycles. The first-order chi connectivity index (χ1) is 7.72. The molecule has 88 valence electrons. The zero-order valence-corrected chi connectivity index (χ0v) is 10.8. The van der Waals surface area contributed by atoms with Gasteiger partial charge in [0.1, 0.15) is 5.82 Å². The van der Waals surface area contributed by atoms with E-state index in [2.05, 4.69) is 28.9 Å². The fourth-order valence-corrected chi connectivity index (χ4v) is 2.49. The maximum Gasteiger partial charge on any atom is 0.129 e. The normalized spacial score (nSPS) is 20.4. The summed E-state index contributed by atoms with van der Waals surface area (Å²) in [6.07, 6.45) is 2.56. The molecule has 1 aromatic rings. The van der Waals surface area contributed by atoms with Crippen molar-refractivity contribution in [2.75, 3.05) is 18.0 Å². The summed E-state index contributed by atoms with van der Waals surface area (Å²) in [6, 6.07) is 4.18. The number of pyridine rings is 1. The average molecular weight is 239 g/mol. The highest BCUT2D eigenvalue weighted by Crippen LogP contribution is 2.25. The Kier molecular flexibility index (Phi) is 3.70. The van der Waals surface area contributed by atoms with Crippen molar-refractivity contribution in [3.8, 4) is 0 Å². The van der Waals surface area contributed by atoms with Gasteiger partial charge in [-0.15, -0.1) is 11.6 Å². The van der Waals surface area contributed by atoms with E-state index in [1.165, 1.54) is 18.4 Å². The van der Waals surface area contributed by atoms with E-state index in [-0.39, 0.29) is 0 Å². The zero-order valence-electron chi connectivity index (χ0n) is 10.0. The summed E-state index contributed by atoms with van der Waals surface area (Å²) in [7, 11) is 0. The molecule has 2 rings (SSSR count). The predicted octanol–water partition coefficient (Wildman–Crippen LogP) is 3.37. The number of anilines is 1. The second kappa shape index (κ2) is 5.05. The molecule has 16 heavy (non-hydrogen) atoms. The summed E-state index contributed by atoms with van der Waals surface area (Å²) < 4.78 is 0. The van der Waals surface area contributed by atoms with E-state index in [1.807, 2.05) is 6.92 Å². The highest BCUT2D eigenvalue weighted by atomic mass is 35.5. The smallest absolute Gasteiger partial charge is 0.129 e. The first-order valence-electron chi connectivity index (χ1n) is 6.01. The van der Waals surface area contributed by atoms with E-state index in [9.17, 15) is 0 Å². The van der Waals surface area contributed by atoms with Crippen LogP contribution < -0.4 is 4.90 Å². The lowest BCUT2D eigenvalue weighted by Crippen LogP contribution is -2.21. The first-order valence-corrected chi connectivity index (χ1v) is 6.55. The molecule has 0 spiro atoms. The number of hydrogen-bond donors (Lipinski definition) is 0. The molecule has 1 atom stereocenters. The summed E-state index contributed by atoms with van der Waals surface area (Å²) in [6.45, 7) is 6.58. The molecule has 0 aromatic carbocycles. The van der Waals surface area contributed by atoms with E-state index in [0.717, 1.165) is 30.5 Å². The third-order valence-corrected chi connectivity index (χ3v) is 3.65. The lowest BCUT2D eigenvalue weighted by molar-refractivity contribution is 0.568. The van der Waals surface area contributed by atoms with Gasteiger partial charge in [-0.05, 0) is 37.0 Å². The maximum absolute atomic E-state index is 5.89. The Morgan fingerprint density at radius 3 is 2.94 bits per heavy atom. The molecule has 1 unspecified atom stereocenters. The standard InChI is InChI=1S/C13H19ClN2/c1-3-11-4-5-16(9-11)13-7-12(8-14)6-10(2)15-13/h6-7,11H,3-5,8-9H2,1-2H3. The Balaban J connectivity index is 2.17. The van der Waals surface area contributed by atoms with Gasteiger partial charge >= 0.3 is 0 Å². The van der Waals surface area contributed by atoms with Crippen molar-refractivity contribution in [1.29, 1.82) is 0 Å². The van der Waals surface area contributed by atoms with Crippen LogP contribution in [-0.2, 0) is 5.88 Å². The maximum atomic E-state index is 5.89. The fraction of sp³-hybridized carbons (Fsp3) is 0.615. The van der Waals surface area contributed by atoms with Crippen LogP contribution in [0.2, 0.25) is 0 Å².